The lowest BCUT2D eigenvalue weighted by atomic mass is 9.96. The van der Waals surface area contributed by atoms with Crippen LogP contribution in [0, 0.1) is 12.8 Å². The van der Waals surface area contributed by atoms with Crippen molar-refractivity contribution in [3.63, 3.8) is 0 Å². The zero-order valence-corrected chi connectivity index (χ0v) is 14.4. The lowest BCUT2D eigenvalue weighted by molar-refractivity contribution is -0.131. The number of methoxy groups -OCH3 is 1. The molecule has 1 aromatic heterocycles. The van der Waals surface area contributed by atoms with Crippen molar-refractivity contribution in [2.75, 3.05) is 20.2 Å². The highest BCUT2D eigenvalue weighted by molar-refractivity contribution is 5.79. The van der Waals surface area contributed by atoms with Crippen LogP contribution in [-0.4, -0.2) is 40.6 Å². The highest BCUT2D eigenvalue weighted by Gasteiger charge is 2.23. The zero-order chi connectivity index (χ0) is 16.9. The second-order valence-corrected chi connectivity index (χ2v) is 6.48. The van der Waals surface area contributed by atoms with Crippen LogP contribution in [-0.2, 0) is 17.8 Å². The molecular formula is C19H25N3O2. The Hall–Kier alpha value is -2.30. The third kappa shape index (κ3) is 3.96. The van der Waals surface area contributed by atoms with Gasteiger partial charge in [0.15, 0.2) is 0 Å². The molecule has 2 heterocycles. The summed E-state index contributed by atoms with van der Waals surface area (Å²) in [5.41, 5.74) is 1.01. The number of piperidine rings is 1. The number of carbonyl (C=O) groups is 1. The molecule has 24 heavy (non-hydrogen) atoms. The molecule has 5 nitrogen and oxygen atoms in total. The predicted molar refractivity (Wildman–Crippen MR) is 93.0 cm³/mol. The number of amides is 1. The van der Waals surface area contributed by atoms with Gasteiger partial charge < -0.3 is 14.2 Å². The maximum Gasteiger partial charge on any atom is 0.226 e. The van der Waals surface area contributed by atoms with E-state index in [9.17, 15) is 4.79 Å². The molecule has 2 aromatic rings. The van der Waals surface area contributed by atoms with Crippen molar-refractivity contribution in [3.8, 4) is 5.75 Å². The molecule has 3 rings (SSSR count). The van der Waals surface area contributed by atoms with Gasteiger partial charge in [-0.3, -0.25) is 4.79 Å². The van der Waals surface area contributed by atoms with Gasteiger partial charge in [0.25, 0.3) is 0 Å². The van der Waals surface area contributed by atoms with Crippen LogP contribution < -0.4 is 4.74 Å². The van der Waals surface area contributed by atoms with Crippen LogP contribution in [0.15, 0.2) is 36.7 Å². The quantitative estimate of drug-likeness (QED) is 0.848. The number of hydrogen-bond donors (Lipinski definition) is 0. The maximum absolute atomic E-state index is 12.5. The summed E-state index contributed by atoms with van der Waals surface area (Å²) in [5, 5.41) is 0. The summed E-state index contributed by atoms with van der Waals surface area (Å²) in [7, 11) is 1.65. The van der Waals surface area contributed by atoms with Crippen LogP contribution in [0.1, 0.15) is 24.2 Å². The minimum absolute atomic E-state index is 0.209. The zero-order valence-electron chi connectivity index (χ0n) is 14.4. The van der Waals surface area contributed by atoms with E-state index < -0.39 is 0 Å². The molecule has 1 aromatic carbocycles. The Morgan fingerprint density at radius 2 is 2.12 bits per heavy atom. The second kappa shape index (κ2) is 7.51. The van der Waals surface area contributed by atoms with Gasteiger partial charge in [0.2, 0.25) is 5.91 Å². The summed E-state index contributed by atoms with van der Waals surface area (Å²) < 4.78 is 7.43. The van der Waals surface area contributed by atoms with Crippen molar-refractivity contribution in [1.29, 1.82) is 0 Å². The van der Waals surface area contributed by atoms with E-state index in [1.807, 2.05) is 48.5 Å². The highest BCUT2D eigenvalue weighted by atomic mass is 16.5. The summed E-state index contributed by atoms with van der Waals surface area (Å²) in [6, 6.07) is 7.75. The van der Waals surface area contributed by atoms with Crippen molar-refractivity contribution >= 4 is 5.91 Å². The average molecular weight is 327 g/mol. The summed E-state index contributed by atoms with van der Waals surface area (Å²) >= 11 is 0. The van der Waals surface area contributed by atoms with E-state index in [0.29, 0.717) is 12.3 Å². The first kappa shape index (κ1) is 16.6. The molecule has 0 atom stereocenters. The second-order valence-electron chi connectivity index (χ2n) is 6.48. The van der Waals surface area contributed by atoms with Crippen LogP contribution in [0.4, 0.5) is 0 Å². The topological polar surface area (TPSA) is 47.4 Å². The Morgan fingerprint density at radius 1 is 1.33 bits per heavy atom. The molecule has 1 aliphatic rings. The van der Waals surface area contributed by atoms with Gasteiger partial charge in [-0.05, 0) is 43.4 Å². The standard InChI is InChI=1S/C19H25N3O2/c1-15-20-8-11-22(15)14-16-6-9-21(10-7-16)19(23)13-17-4-3-5-18(12-17)24-2/h3-5,8,11-12,16H,6-7,9-10,13-14H2,1-2H3. The first-order valence-corrected chi connectivity index (χ1v) is 8.54. The summed E-state index contributed by atoms with van der Waals surface area (Å²) in [5.74, 6) is 2.69. The first-order valence-electron chi connectivity index (χ1n) is 8.54. The van der Waals surface area contributed by atoms with Gasteiger partial charge in [0.05, 0.1) is 13.5 Å². The van der Waals surface area contributed by atoms with Gasteiger partial charge in [-0.25, -0.2) is 4.98 Å². The summed E-state index contributed by atoms with van der Waals surface area (Å²) in [6.07, 6.45) is 6.45. The van der Waals surface area contributed by atoms with Crippen molar-refractivity contribution in [2.45, 2.75) is 32.7 Å². The Kier molecular flexibility index (Phi) is 5.18. The van der Waals surface area contributed by atoms with Crippen molar-refractivity contribution in [3.05, 3.63) is 48.0 Å². The molecule has 1 fully saturated rings. The normalized spacial score (nSPS) is 15.5. The minimum Gasteiger partial charge on any atom is -0.497 e. The van der Waals surface area contributed by atoms with Gasteiger partial charge in [0, 0.05) is 32.0 Å². The molecule has 0 aliphatic carbocycles. The number of imidazole rings is 1. The molecule has 5 heteroatoms. The first-order chi connectivity index (χ1) is 11.7. The number of nitrogens with zero attached hydrogens (tertiary/aromatic N) is 3. The third-order valence-electron chi connectivity index (χ3n) is 4.84. The molecule has 1 saturated heterocycles. The van der Waals surface area contributed by atoms with E-state index in [-0.39, 0.29) is 5.91 Å². The van der Waals surface area contributed by atoms with Crippen LogP contribution in [0.2, 0.25) is 0 Å². The highest BCUT2D eigenvalue weighted by Crippen LogP contribution is 2.21. The van der Waals surface area contributed by atoms with Crippen LogP contribution in [0.25, 0.3) is 0 Å². The van der Waals surface area contributed by atoms with E-state index in [4.69, 9.17) is 4.74 Å². The Labute approximate surface area is 143 Å². The number of carbonyl (C=O) groups excluding carboxylic acids is 1. The number of benzene rings is 1. The van der Waals surface area contributed by atoms with Crippen molar-refractivity contribution < 1.29 is 9.53 Å². The largest absolute Gasteiger partial charge is 0.497 e. The smallest absolute Gasteiger partial charge is 0.226 e. The number of hydrogen-bond acceptors (Lipinski definition) is 3. The molecule has 0 N–H and O–H groups in total. The summed E-state index contributed by atoms with van der Waals surface area (Å²) in [6.45, 7) is 4.74. The molecule has 0 bridgehead atoms. The van der Waals surface area contributed by atoms with Crippen molar-refractivity contribution in [1.82, 2.24) is 14.5 Å². The average Bonchev–Trinajstić information content (AvgIpc) is 3.00. The van der Waals surface area contributed by atoms with Gasteiger partial charge >= 0.3 is 0 Å². The molecule has 0 saturated carbocycles. The van der Waals surface area contributed by atoms with Gasteiger partial charge in [-0.15, -0.1) is 0 Å². The lowest BCUT2D eigenvalue weighted by Gasteiger charge is -2.32. The minimum atomic E-state index is 0.209. The fourth-order valence-corrected chi connectivity index (χ4v) is 3.31. The number of rotatable bonds is 5. The van der Waals surface area contributed by atoms with E-state index in [0.717, 1.165) is 49.6 Å². The third-order valence-corrected chi connectivity index (χ3v) is 4.84. The van der Waals surface area contributed by atoms with Gasteiger partial charge in [-0.1, -0.05) is 12.1 Å². The maximum atomic E-state index is 12.5. The van der Waals surface area contributed by atoms with Gasteiger partial charge in [-0.2, -0.15) is 0 Å². The lowest BCUT2D eigenvalue weighted by Crippen LogP contribution is -2.40. The number of ether oxygens (including phenoxy) is 1. The SMILES string of the molecule is COc1cccc(CC(=O)N2CCC(Cn3ccnc3C)CC2)c1. The van der Waals surface area contributed by atoms with Crippen molar-refractivity contribution in [2.24, 2.45) is 5.92 Å². The molecule has 128 valence electrons. The molecule has 0 unspecified atom stereocenters. The number of aromatic nitrogens is 2. The predicted octanol–water partition coefficient (Wildman–Crippen LogP) is 2.68. The number of aryl methyl sites for hydroxylation is 1. The molecule has 0 radical (unpaired) electrons. The molecule has 1 aliphatic heterocycles. The van der Waals surface area contributed by atoms with Crippen LogP contribution >= 0.6 is 0 Å². The number of likely N-dealkylation sites (tertiary alicyclic amines) is 1. The van der Waals surface area contributed by atoms with E-state index in [1.165, 1.54) is 0 Å². The van der Waals surface area contributed by atoms with E-state index in [1.54, 1.807) is 7.11 Å². The fourth-order valence-electron chi connectivity index (χ4n) is 3.31. The fraction of sp³-hybridized carbons (Fsp3) is 0.474. The Morgan fingerprint density at radius 3 is 2.79 bits per heavy atom. The van der Waals surface area contributed by atoms with E-state index in [2.05, 4.69) is 9.55 Å². The monoisotopic (exact) mass is 327 g/mol. The van der Waals surface area contributed by atoms with E-state index >= 15 is 0 Å². The molecular weight excluding hydrogens is 302 g/mol. The van der Waals surface area contributed by atoms with Crippen LogP contribution in [0.5, 0.6) is 5.75 Å². The Bertz CT molecular complexity index is 687. The van der Waals surface area contributed by atoms with Crippen LogP contribution in [0.3, 0.4) is 0 Å². The van der Waals surface area contributed by atoms with Gasteiger partial charge in [0.1, 0.15) is 11.6 Å². The molecule has 0 spiro atoms. The molecule has 1 amide bonds. The summed E-state index contributed by atoms with van der Waals surface area (Å²) in [4.78, 5) is 18.8. The Balaban J connectivity index is 1.50.